The van der Waals surface area contributed by atoms with E-state index in [2.05, 4.69) is 6.07 Å². The number of benzene rings is 1. The summed E-state index contributed by atoms with van der Waals surface area (Å²) in [5, 5.41) is 0. The summed E-state index contributed by atoms with van der Waals surface area (Å²) in [6.07, 6.45) is 0.931. The zero-order valence-corrected chi connectivity index (χ0v) is 8.40. The van der Waals surface area contributed by atoms with Gasteiger partial charge in [-0.15, -0.1) is 12.4 Å². The smallest absolute Gasteiger partial charge is 0 e. The molecule has 0 aliphatic rings. The third-order valence-electron chi connectivity index (χ3n) is 1.19. The normalized spacial score (nSPS) is 7.73. The first-order valence-corrected chi connectivity index (χ1v) is 3.09. The maximum Gasteiger partial charge on any atom is 0 e. The second-order valence-corrected chi connectivity index (χ2v) is 1.93. The minimum Gasteiger partial charge on any atom is -0.330 e. The molecule has 0 heterocycles. The van der Waals surface area contributed by atoms with Gasteiger partial charge in [0, 0.05) is 20.4 Å². The molecular weight excluding hydrogens is 252 g/mol. The van der Waals surface area contributed by atoms with Crippen molar-refractivity contribution in [1.29, 1.82) is 0 Å². The van der Waals surface area contributed by atoms with Gasteiger partial charge in [0.15, 0.2) is 0 Å². The molecule has 0 amide bonds. The van der Waals surface area contributed by atoms with Gasteiger partial charge in [-0.25, -0.2) is 0 Å². The summed E-state index contributed by atoms with van der Waals surface area (Å²) < 4.78 is 0. The zero-order chi connectivity index (χ0) is 6.53. The van der Waals surface area contributed by atoms with Gasteiger partial charge in [0.1, 0.15) is 0 Å². The maximum absolute atomic E-state index is 5.34. The molecule has 0 spiro atoms. The van der Waals surface area contributed by atoms with Crippen LogP contribution in [0.3, 0.4) is 0 Å². The summed E-state index contributed by atoms with van der Waals surface area (Å²) in [6.45, 7) is 0.709. The predicted molar refractivity (Wildman–Crippen MR) is 45.3 cm³/mol. The van der Waals surface area contributed by atoms with E-state index < -0.39 is 0 Å². The summed E-state index contributed by atoms with van der Waals surface area (Å²) >= 11 is 0. The number of hydrogen-bond acceptors (Lipinski definition) is 1. The van der Waals surface area contributed by atoms with E-state index in [0.717, 1.165) is 6.42 Å². The Bertz CT molecular complexity index is 167. The number of halogens is 1. The van der Waals surface area contributed by atoms with Gasteiger partial charge >= 0.3 is 0 Å². The summed E-state index contributed by atoms with van der Waals surface area (Å²) in [6, 6.07) is 11.0. The van der Waals surface area contributed by atoms with Crippen LogP contribution in [0.4, 0.5) is 0 Å². The first-order chi connectivity index (χ1) is 4.43. The van der Waals surface area contributed by atoms with Crippen LogP contribution in [-0.4, -0.2) is 6.54 Å². The fourth-order valence-electron chi connectivity index (χ4n) is 0.742. The van der Waals surface area contributed by atoms with Crippen molar-refractivity contribution in [2.45, 2.75) is 6.42 Å². The largest absolute Gasteiger partial charge is 0.330 e. The molecule has 1 aromatic rings. The summed E-state index contributed by atoms with van der Waals surface area (Å²) in [4.78, 5) is 0. The van der Waals surface area contributed by atoms with Crippen LogP contribution in [0.25, 0.3) is 0 Å². The molecule has 11 heavy (non-hydrogen) atoms. The van der Waals surface area contributed by atoms with E-state index in [9.17, 15) is 0 Å². The molecule has 0 aliphatic heterocycles. The fraction of sp³-hybridized carbons (Fsp3) is 0.250. The van der Waals surface area contributed by atoms with Gasteiger partial charge < -0.3 is 5.73 Å². The molecule has 66 valence electrons. The van der Waals surface area contributed by atoms with Crippen LogP contribution in [0.1, 0.15) is 5.56 Å². The fourth-order valence-corrected chi connectivity index (χ4v) is 0.742. The van der Waals surface area contributed by atoms with E-state index in [-0.39, 0.29) is 32.8 Å². The van der Waals surface area contributed by atoms with Gasteiger partial charge in [0.25, 0.3) is 0 Å². The number of rotatable bonds is 2. The minimum atomic E-state index is 0. The van der Waals surface area contributed by atoms with Crippen molar-refractivity contribution >= 4 is 12.4 Å². The Hall–Kier alpha value is 0.132. The van der Waals surface area contributed by atoms with Gasteiger partial charge in [-0.05, 0) is 13.0 Å². The molecule has 3 heteroatoms. The molecule has 0 fully saturated rings. The van der Waals surface area contributed by atoms with Crippen LogP contribution in [-0.2, 0) is 26.8 Å². The Morgan fingerprint density at radius 3 is 2.55 bits per heavy atom. The van der Waals surface area contributed by atoms with Gasteiger partial charge in [0.05, 0.1) is 0 Å². The van der Waals surface area contributed by atoms with E-state index in [4.69, 9.17) is 5.73 Å². The summed E-state index contributed by atoms with van der Waals surface area (Å²) in [5.41, 5.74) is 6.53. The second kappa shape index (κ2) is 8.23. The molecule has 2 N–H and O–H groups in total. The van der Waals surface area contributed by atoms with E-state index in [1.807, 2.05) is 24.3 Å². The van der Waals surface area contributed by atoms with Crippen molar-refractivity contribution < 1.29 is 20.4 Å². The Kier molecular flexibility index (Phi) is 10.3. The summed E-state index contributed by atoms with van der Waals surface area (Å²) in [5.74, 6) is 0. The molecule has 1 nitrogen and oxygen atoms in total. The molecule has 0 aromatic heterocycles. The molecule has 0 saturated carbocycles. The number of nitrogens with two attached hydrogens (primary N) is 1. The van der Waals surface area contributed by atoms with Gasteiger partial charge in [0.2, 0.25) is 0 Å². The van der Waals surface area contributed by atoms with Gasteiger partial charge in [-0.1, -0.05) is 0 Å². The second-order valence-electron chi connectivity index (χ2n) is 1.93. The Labute approximate surface area is 87.4 Å². The third kappa shape index (κ3) is 5.41. The van der Waals surface area contributed by atoms with Crippen LogP contribution in [0.5, 0.6) is 0 Å². The molecule has 0 atom stereocenters. The molecule has 0 radical (unpaired) electrons. The Morgan fingerprint density at radius 2 is 2.09 bits per heavy atom. The molecular formula is C8H11ClNPd-. The molecule has 0 aliphatic carbocycles. The first kappa shape index (κ1) is 13.7. The van der Waals surface area contributed by atoms with E-state index in [1.165, 1.54) is 5.56 Å². The molecule has 0 bridgehead atoms. The topological polar surface area (TPSA) is 26.0 Å². The SMILES string of the molecule is Cl.NCCc1[c-]cccc1.[Pd]. The maximum atomic E-state index is 5.34. The number of hydrogen-bond donors (Lipinski definition) is 1. The minimum absolute atomic E-state index is 0. The molecule has 1 rings (SSSR count). The van der Waals surface area contributed by atoms with E-state index >= 15 is 0 Å². The van der Waals surface area contributed by atoms with Crippen LogP contribution in [0.2, 0.25) is 0 Å². The van der Waals surface area contributed by atoms with Crippen LogP contribution in [0, 0.1) is 6.07 Å². The molecule has 0 unspecified atom stereocenters. The third-order valence-corrected chi connectivity index (χ3v) is 1.19. The van der Waals surface area contributed by atoms with Crippen molar-refractivity contribution in [3.8, 4) is 0 Å². The first-order valence-electron chi connectivity index (χ1n) is 3.09. The average Bonchev–Trinajstić information content (AvgIpc) is 1.91. The van der Waals surface area contributed by atoms with Gasteiger partial charge in [-0.2, -0.15) is 35.9 Å². The standard InChI is InChI=1S/C8H10N.ClH.Pd/c9-7-6-8-4-2-1-3-5-8;;/h1-4H,6-7,9H2;1H;/q-1;;. The Morgan fingerprint density at radius 1 is 1.36 bits per heavy atom. The van der Waals surface area contributed by atoms with Crippen molar-refractivity contribution in [3.05, 3.63) is 35.9 Å². The predicted octanol–water partition coefficient (Wildman–Crippen LogP) is 1.41. The van der Waals surface area contributed by atoms with E-state index in [0.29, 0.717) is 6.54 Å². The molecule has 0 saturated heterocycles. The van der Waals surface area contributed by atoms with Gasteiger partial charge in [-0.3, -0.25) is 0 Å². The average molecular weight is 263 g/mol. The van der Waals surface area contributed by atoms with Crippen molar-refractivity contribution in [3.63, 3.8) is 0 Å². The van der Waals surface area contributed by atoms with Crippen molar-refractivity contribution in [1.82, 2.24) is 0 Å². The quantitative estimate of drug-likeness (QED) is 0.633. The van der Waals surface area contributed by atoms with Crippen LogP contribution in [0.15, 0.2) is 24.3 Å². The summed E-state index contributed by atoms with van der Waals surface area (Å²) in [7, 11) is 0. The zero-order valence-electron chi connectivity index (χ0n) is 6.03. The van der Waals surface area contributed by atoms with Crippen molar-refractivity contribution in [2.75, 3.05) is 6.54 Å². The monoisotopic (exact) mass is 262 g/mol. The van der Waals surface area contributed by atoms with Crippen LogP contribution >= 0.6 is 12.4 Å². The Balaban J connectivity index is 0. The molecule has 1 aromatic carbocycles. The van der Waals surface area contributed by atoms with Crippen LogP contribution < -0.4 is 5.73 Å². The van der Waals surface area contributed by atoms with E-state index in [1.54, 1.807) is 0 Å². The van der Waals surface area contributed by atoms with Crippen molar-refractivity contribution in [2.24, 2.45) is 5.73 Å².